The minimum absolute atomic E-state index is 0.0955. The molecule has 0 radical (unpaired) electrons. The fraction of sp³-hybridized carbons (Fsp3) is 0.125. The Balaban J connectivity index is 2.11. The topological polar surface area (TPSA) is 92.3 Å². The molecule has 2 amide bonds. The summed E-state index contributed by atoms with van der Waals surface area (Å²) in [5.41, 5.74) is 1.82. The van der Waals surface area contributed by atoms with Crippen LogP contribution in [0.15, 0.2) is 53.4 Å². The second-order valence-corrected chi connectivity index (χ2v) is 6.69. The average molecular weight is 332 g/mol. The lowest BCUT2D eigenvalue weighted by molar-refractivity contribution is 0.101. The van der Waals surface area contributed by atoms with Crippen molar-refractivity contribution in [3.63, 3.8) is 0 Å². The molecule has 2 aromatic rings. The number of anilines is 1. The molecule has 0 saturated carbocycles. The number of carbonyl (C=O) groups excluding carboxylic acids is 2. The largest absolute Gasteiger partial charge is 0.333 e. The molecule has 0 saturated heterocycles. The molecule has 120 valence electrons. The van der Waals surface area contributed by atoms with Gasteiger partial charge in [-0.3, -0.25) is 4.79 Å². The van der Waals surface area contributed by atoms with E-state index in [1.54, 1.807) is 18.2 Å². The van der Waals surface area contributed by atoms with Crippen molar-refractivity contribution in [3.8, 4) is 0 Å². The number of aryl methyl sites for hydroxylation is 1. The summed E-state index contributed by atoms with van der Waals surface area (Å²) >= 11 is 0. The van der Waals surface area contributed by atoms with E-state index in [9.17, 15) is 18.0 Å². The van der Waals surface area contributed by atoms with E-state index in [1.807, 2.05) is 17.7 Å². The van der Waals surface area contributed by atoms with Gasteiger partial charge in [-0.1, -0.05) is 24.3 Å². The van der Waals surface area contributed by atoms with Gasteiger partial charge in [-0.15, -0.1) is 0 Å². The van der Waals surface area contributed by atoms with Gasteiger partial charge in [0.1, 0.15) is 0 Å². The highest BCUT2D eigenvalue weighted by molar-refractivity contribution is 7.90. The number of rotatable bonds is 4. The first-order valence-corrected chi connectivity index (χ1v) is 8.28. The lowest BCUT2D eigenvalue weighted by atomic mass is 10.2. The molecule has 0 unspecified atom stereocenters. The van der Waals surface area contributed by atoms with Gasteiger partial charge in [0.15, 0.2) is 5.78 Å². The van der Waals surface area contributed by atoms with Crippen molar-refractivity contribution in [1.82, 2.24) is 4.72 Å². The third-order valence-corrected chi connectivity index (χ3v) is 4.42. The molecular formula is C16H16N2O4S. The van der Waals surface area contributed by atoms with Crippen LogP contribution in [0.5, 0.6) is 0 Å². The number of Topliss-reactive ketones (excluding diaryl/α,β-unsaturated/α-hetero) is 1. The maximum atomic E-state index is 12.1. The first-order valence-electron chi connectivity index (χ1n) is 6.79. The molecule has 2 N–H and O–H groups in total. The zero-order valence-corrected chi connectivity index (χ0v) is 13.5. The predicted molar refractivity (Wildman–Crippen MR) is 87.0 cm³/mol. The van der Waals surface area contributed by atoms with Crippen LogP contribution in [0.2, 0.25) is 0 Å². The third kappa shape index (κ3) is 4.40. The predicted octanol–water partition coefficient (Wildman–Crippen LogP) is 2.71. The summed E-state index contributed by atoms with van der Waals surface area (Å²) in [5.74, 6) is -0.168. The highest BCUT2D eigenvalue weighted by Gasteiger charge is 2.17. The van der Waals surface area contributed by atoms with E-state index in [2.05, 4.69) is 5.32 Å². The van der Waals surface area contributed by atoms with Gasteiger partial charge in [-0.25, -0.2) is 17.9 Å². The Morgan fingerprint density at radius 2 is 1.65 bits per heavy atom. The lowest BCUT2D eigenvalue weighted by Crippen LogP contribution is -2.34. The summed E-state index contributed by atoms with van der Waals surface area (Å²) in [5, 5.41) is 2.45. The molecule has 2 aromatic carbocycles. The molecule has 0 fully saturated rings. The zero-order chi connectivity index (χ0) is 17.0. The van der Waals surface area contributed by atoms with Gasteiger partial charge in [0.2, 0.25) is 0 Å². The summed E-state index contributed by atoms with van der Waals surface area (Å²) in [6.07, 6.45) is 0. The van der Waals surface area contributed by atoms with E-state index in [0.29, 0.717) is 11.3 Å². The minimum Gasteiger partial charge on any atom is -0.307 e. The second-order valence-electron chi connectivity index (χ2n) is 5.01. The van der Waals surface area contributed by atoms with Crippen LogP contribution in [-0.4, -0.2) is 20.2 Å². The standard InChI is InChI=1S/C16H16N2O4S/c1-11-4-3-5-14(10-11)17-16(20)18-23(21,22)15-8-6-13(7-9-15)12(2)19/h3-10H,1-2H3,(H2,17,18,20). The van der Waals surface area contributed by atoms with Crippen molar-refractivity contribution in [1.29, 1.82) is 0 Å². The van der Waals surface area contributed by atoms with Crippen LogP contribution in [0.25, 0.3) is 0 Å². The molecule has 0 heterocycles. The number of nitrogens with one attached hydrogen (secondary N) is 2. The van der Waals surface area contributed by atoms with E-state index >= 15 is 0 Å². The van der Waals surface area contributed by atoms with Gasteiger partial charge in [0.25, 0.3) is 10.0 Å². The minimum atomic E-state index is -4.01. The molecule has 6 nitrogen and oxygen atoms in total. The summed E-state index contributed by atoms with van der Waals surface area (Å²) < 4.78 is 26.2. The van der Waals surface area contributed by atoms with Crippen molar-refractivity contribution in [2.24, 2.45) is 0 Å². The first-order chi connectivity index (χ1) is 10.8. The number of sulfonamides is 1. The molecule has 0 bridgehead atoms. The van der Waals surface area contributed by atoms with Gasteiger partial charge >= 0.3 is 6.03 Å². The van der Waals surface area contributed by atoms with Gasteiger partial charge in [-0.2, -0.15) is 0 Å². The second kappa shape index (κ2) is 6.62. The molecule has 0 aromatic heterocycles. The summed E-state index contributed by atoms with van der Waals surface area (Å²) in [6, 6.07) is 11.5. The van der Waals surface area contributed by atoms with Crippen molar-refractivity contribution < 1.29 is 18.0 Å². The van der Waals surface area contributed by atoms with Gasteiger partial charge in [0.05, 0.1) is 4.90 Å². The number of hydrogen-bond acceptors (Lipinski definition) is 4. The Morgan fingerprint density at radius 1 is 1.00 bits per heavy atom. The highest BCUT2D eigenvalue weighted by Crippen LogP contribution is 2.12. The maximum absolute atomic E-state index is 12.1. The van der Waals surface area contributed by atoms with Crippen molar-refractivity contribution in [3.05, 3.63) is 59.7 Å². The Morgan fingerprint density at radius 3 is 2.22 bits per heavy atom. The maximum Gasteiger partial charge on any atom is 0.333 e. The number of hydrogen-bond donors (Lipinski definition) is 2. The summed E-state index contributed by atoms with van der Waals surface area (Å²) in [7, 11) is -4.01. The fourth-order valence-electron chi connectivity index (χ4n) is 1.93. The van der Waals surface area contributed by atoms with Gasteiger partial charge in [0, 0.05) is 11.3 Å². The van der Waals surface area contributed by atoms with Crippen LogP contribution in [0.3, 0.4) is 0 Å². The number of ketones is 1. The molecule has 23 heavy (non-hydrogen) atoms. The van der Waals surface area contributed by atoms with Crippen molar-refractivity contribution >= 4 is 27.5 Å². The number of urea groups is 1. The van der Waals surface area contributed by atoms with Crippen molar-refractivity contribution in [2.75, 3.05) is 5.32 Å². The third-order valence-electron chi connectivity index (χ3n) is 3.07. The SMILES string of the molecule is CC(=O)c1ccc(S(=O)(=O)NC(=O)Nc2cccc(C)c2)cc1. The van der Waals surface area contributed by atoms with Crippen LogP contribution >= 0.6 is 0 Å². The molecule has 0 spiro atoms. The van der Waals surface area contributed by atoms with Crippen LogP contribution < -0.4 is 10.0 Å². The smallest absolute Gasteiger partial charge is 0.307 e. The summed E-state index contributed by atoms with van der Waals surface area (Å²) in [4.78, 5) is 22.9. The Hall–Kier alpha value is -2.67. The Kier molecular flexibility index (Phi) is 4.80. The monoisotopic (exact) mass is 332 g/mol. The Bertz CT molecular complexity index is 843. The number of amides is 2. The lowest BCUT2D eigenvalue weighted by Gasteiger charge is -2.09. The molecule has 0 aliphatic carbocycles. The van der Waals surface area contributed by atoms with E-state index < -0.39 is 16.1 Å². The fourth-order valence-corrected chi connectivity index (χ4v) is 2.84. The first kappa shape index (κ1) is 16.7. The average Bonchev–Trinajstić information content (AvgIpc) is 2.46. The van der Waals surface area contributed by atoms with Crippen LogP contribution in [-0.2, 0) is 10.0 Å². The molecule has 2 rings (SSSR count). The molecule has 0 aliphatic rings. The molecule has 0 atom stereocenters. The quantitative estimate of drug-likeness (QED) is 0.842. The number of benzene rings is 2. The Labute approximate surface area is 134 Å². The van der Waals surface area contributed by atoms with E-state index in [0.717, 1.165) is 5.56 Å². The summed E-state index contributed by atoms with van der Waals surface area (Å²) in [6.45, 7) is 3.24. The van der Waals surface area contributed by atoms with Crippen LogP contribution in [0, 0.1) is 6.92 Å². The highest BCUT2D eigenvalue weighted by atomic mass is 32.2. The number of carbonyl (C=O) groups is 2. The van der Waals surface area contributed by atoms with Gasteiger partial charge in [-0.05, 0) is 43.7 Å². The van der Waals surface area contributed by atoms with Crippen molar-refractivity contribution in [2.45, 2.75) is 18.7 Å². The molecule has 0 aliphatic heterocycles. The zero-order valence-electron chi connectivity index (χ0n) is 12.7. The molecular weight excluding hydrogens is 316 g/mol. The van der Waals surface area contributed by atoms with Crippen LogP contribution in [0.1, 0.15) is 22.8 Å². The van der Waals surface area contributed by atoms with Gasteiger partial charge < -0.3 is 5.32 Å². The van der Waals surface area contributed by atoms with E-state index in [4.69, 9.17) is 0 Å². The van der Waals surface area contributed by atoms with E-state index in [1.165, 1.54) is 31.2 Å². The van der Waals surface area contributed by atoms with E-state index in [-0.39, 0.29) is 10.7 Å². The normalized spacial score (nSPS) is 10.9. The molecule has 7 heteroatoms. The van der Waals surface area contributed by atoms with Crippen LogP contribution in [0.4, 0.5) is 10.5 Å².